The Hall–Kier alpha value is -2.87. The molecule has 28 heavy (non-hydrogen) atoms. The molecule has 0 saturated carbocycles. The van der Waals surface area contributed by atoms with Crippen LogP contribution < -0.4 is 11.1 Å². The lowest BCUT2D eigenvalue weighted by Crippen LogP contribution is -2.27. The predicted octanol–water partition coefficient (Wildman–Crippen LogP) is 3.18. The lowest BCUT2D eigenvalue weighted by molar-refractivity contribution is -0.111. The number of fused-ring (bicyclic) bond motifs is 1. The number of ether oxygens (including phenoxy) is 1. The highest BCUT2D eigenvalue weighted by Crippen LogP contribution is 2.41. The van der Waals surface area contributed by atoms with Crippen LogP contribution in [0.5, 0.6) is 0 Å². The zero-order chi connectivity index (χ0) is 20.1. The normalized spacial score (nSPS) is 15.9. The van der Waals surface area contributed by atoms with Gasteiger partial charge in [-0.2, -0.15) is 0 Å². The molecule has 0 radical (unpaired) electrons. The van der Waals surface area contributed by atoms with E-state index >= 15 is 0 Å². The number of aromatic nitrogens is 1. The standard InChI is InChI=1S/C20H24N4O3S/c1-24(2)20(26)27-12-14-5-7-15-16(10-14)28-19(18(15)21)23-17(25)8-6-13-4-3-9-22-11-13/h3-4,6,8-9,11,14H,5,7,10,12,21H2,1-2H3,(H,23,25)/b8-6+/t14-/m1/s1. The predicted molar refractivity (Wildman–Crippen MR) is 111 cm³/mol. The summed E-state index contributed by atoms with van der Waals surface area (Å²) < 4.78 is 5.31. The number of carbonyl (C=O) groups is 2. The minimum Gasteiger partial charge on any atom is -0.449 e. The molecule has 1 atom stereocenters. The maximum atomic E-state index is 12.2. The van der Waals surface area contributed by atoms with Crippen LogP contribution in [0.25, 0.3) is 6.08 Å². The second-order valence-electron chi connectivity index (χ2n) is 6.94. The van der Waals surface area contributed by atoms with Crippen LogP contribution in [0.3, 0.4) is 0 Å². The van der Waals surface area contributed by atoms with Crippen LogP contribution in [-0.4, -0.2) is 42.6 Å². The van der Waals surface area contributed by atoms with Crippen molar-refractivity contribution >= 4 is 40.1 Å². The Morgan fingerprint density at radius 1 is 1.46 bits per heavy atom. The van der Waals surface area contributed by atoms with Crippen LogP contribution in [0.1, 0.15) is 22.4 Å². The zero-order valence-corrected chi connectivity index (χ0v) is 16.8. The average molecular weight is 401 g/mol. The Balaban J connectivity index is 1.60. The van der Waals surface area contributed by atoms with Gasteiger partial charge >= 0.3 is 6.09 Å². The molecule has 7 nitrogen and oxygen atoms in total. The number of anilines is 2. The van der Waals surface area contributed by atoms with Gasteiger partial charge in [-0.1, -0.05) is 6.07 Å². The smallest absolute Gasteiger partial charge is 0.409 e. The van der Waals surface area contributed by atoms with E-state index in [9.17, 15) is 9.59 Å². The highest BCUT2D eigenvalue weighted by atomic mass is 32.1. The van der Waals surface area contributed by atoms with Crippen LogP contribution in [-0.2, 0) is 22.4 Å². The van der Waals surface area contributed by atoms with Crippen LogP contribution >= 0.6 is 11.3 Å². The van der Waals surface area contributed by atoms with Gasteiger partial charge in [0.05, 0.1) is 12.3 Å². The Morgan fingerprint density at radius 3 is 3.00 bits per heavy atom. The summed E-state index contributed by atoms with van der Waals surface area (Å²) in [6, 6.07) is 3.69. The molecule has 3 rings (SSSR count). The van der Waals surface area contributed by atoms with E-state index in [0.29, 0.717) is 17.3 Å². The lowest BCUT2D eigenvalue weighted by Gasteiger charge is -2.22. The van der Waals surface area contributed by atoms with E-state index in [4.69, 9.17) is 10.5 Å². The molecule has 0 fully saturated rings. The first kappa shape index (κ1) is 19.9. The van der Waals surface area contributed by atoms with Gasteiger partial charge in [-0.15, -0.1) is 11.3 Å². The summed E-state index contributed by atoms with van der Waals surface area (Å²) in [6.07, 6.45) is 8.75. The van der Waals surface area contributed by atoms with E-state index in [1.807, 2.05) is 12.1 Å². The molecule has 0 aliphatic heterocycles. The first-order valence-corrected chi connectivity index (χ1v) is 9.89. The fourth-order valence-electron chi connectivity index (χ4n) is 3.03. The first-order valence-electron chi connectivity index (χ1n) is 9.07. The van der Waals surface area contributed by atoms with Crippen LogP contribution in [0.15, 0.2) is 30.6 Å². The molecule has 1 aliphatic rings. The second kappa shape index (κ2) is 8.88. The van der Waals surface area contributed by atoms with Crippen molar-refractivity contribution in [1.29, 1.82) is 0 Å². The molecule has 2 aromatic rings. The molecule has 0 bridgehead atoms. The summed E-state index contributed by atoms with van der Waals surface area (Å²) in [5.41, 5.74) is 8.86. The Kier molecular flexibility index (Phi) is 6.30. The van der Waals surface area contributed by atoms with Crippen molar-refractivity contribution in [3.8, 4) is 0 Å². The maximum Gasteiger partial charge on any atom is 0.409 e. The van der Waals surface area contributed by atoms with Crippen LogP contribution in [0.2, 0.25) is 0 Å². The number of pyridine rings is 1. The number of amides is 2. The summed E-state index contributed by atoms with van der Waals surface area (Å²) in [5, 5.41) is 3.55. The number of nitrogens with zero attached hydrogens (tertiary/aromatic N) is 2. The third-order valence-electron chi connectivity index (χ3n) is 4.56. The van der Waals surface area contributed by atoms with E-state index in [1.165, 1.54) is 22.3 Å². The number of hydrogen-bond acceptors (Lipinski definition) is 6. The van der Waals surface area contributed by atoms with E-state index in [0.717, 1.165) is 35.3 Å². The van der Waals surface area contributed by atoms with Gasteiger partial charge in [0.1, 0.15) is 5.00 Å². The Labute approximate surface area is 168 Å². The minimum absolute atomic E-state index is 0.231. The number of nitrogen functional groups attached to an aromatic ring is 1. The van der Waals surface area contributed by atoms with Crippen LogP contribution in [0, 0.1) is 5.92 Å². The highest BCUT2D eigenvalue weighted by Gasteiger charge is 2.26. The van der Waals surface area contributed by atoms with Gasteiger partial charge in [0.25, 0.3) is 0 Å². The average Bonchev–Trinajstić information content (AvgIpc) is 3.00. The quantitative estimate of drug-likeness (QED) is 0.751. The molecule has 8 heteroatoms. The van der Waals surface area contributed by atoms with Crippen molar-refractivity contribution < 1.29 is 14.3 Å². The molecule has 2 amide bonds. The van der Waals surface area contributed by atoms with Crippen LogP contribution in [0.4, 0.5) is 15.5 Å². The number of rotatable bonds is 5. The monoisotopic (exact) mass is 400 g/mol. The molecule has 0 spiro atoms. The molecule has 0 aromatic carbocycles. The summed E-state index contributed by atoms with van der Waals surface area (Å²) in [7, 11) is 3.33. The van der Waals surface area contributed by atoms with E-state index in [-0.39, 0.29) is 17.9 Å². The van der Waals surface area contributed by atoms with Crippen molar-refractivity contribution in [1.82, 2.24) is 9.88 Å². The Bertz CT molecular complexity index is 877. The molecule has 0 unspecified atom stereocenters. The van der Waals surface area contributed by atoms with Crippen molar-refractivity contribution in [2.75, 3.05) is 31.8 Å². The summed E-state index contributed by atoms with van der Waals surface area (Å²) in [4.78, 5) is 30.4. The SMILES string of the molecule is CN(C)C(=O)OC[C@@H]1CCc2c(sc(NC(=O)/C=C/c3cccnc3)c2N)C1. The molecule has 0 saturated heterocycles. The van der Waals surface area contributed by atoms with Gasteiger partial charge in [0.15, 0.2) is 0 Å². The minimum atomic E-state index is -0.329. The van der Waals surface area contributed by atoms with Crippen molar-refractivity contribution in [2.24, 2.45) is 5.92 Å². The molecular formula is C20H24N4O3S. The summed E-state index contributed by atoms with van der Waals surface area (Å²) >= 11 is 1.50. The van der Waals surface area contributed by atoms with Gasteiger partial charge < -0.3 is 20.7 Å². The fourth-order valence-corrected chi connectivity index (χ4v) is 4.32. The number of thiophene rings is 1. The number of nitrogens with one attached hydrogen (secondary N) is 1. The lowest BCUT2D eigenvalue weighted by atomic mass is 9.89. The maximum absolute atomic E-state index is 12.2. The number of carbonyl (C=O) groups excluding carboxylic acids is 2. The third kappa shape index (κ3) is 4.89. The van der Waals surface area contributed by atoms with Crippen molar-refractivity contribution in [2.45, 2.75) is 19.3 Å². The molecule has 148 valence electrons. The second-order valence-corrected chi connectivity index (χ2v) is 8.04. The van der Waals surface area contributed by atoms with Gasteiger partial charge in [-0.25, -0.2) is 4.79 Å². The highest BCUT2D eigenvalue weighted by molar-refractivity contribution is 7.17. The van der Waals surface area contributed by atoms with E-state index in [1.54, 1.807) is 32.6 Å². The molecule has 2 aromatic heterocycles. The summed E-state index contributed by atoms with van der Waals surface area (Å²) in [5.74, 6) is 0.0362. The first-order chi connectivity index (χ1) is 13.4. The van der Waals surface area contributed by atoms with E-state index < -0.39 is 0 Å². The topological polar surface area (TPSA) is 97.5 Å². The molecule has 1 aliphatic carbocycles. The van der Waals surface area contributed by atoms with Crippen molar-refractivity contribution in [3.63, 3.8) is 0 Å². The third-order valence-corrected chi connectivity index (χ3v) is 5.75. The van der Waals surface area contributed by atoms with Gasteiger partial charge in [0.2, 0.25) is 5.91 Å². The molecular weight excluding hydrogens is 376 g/mol. The fraction of sp³-hybridized carbons (Fsp3) is 0.350. The number of nitrogens with two attached hydrogens (primary N) is 1. The van der Waals surface area contributed by atoms with Gasteiger partial charge in [-0.05, 0) is 48.4 Å². The van der Waals surface area contributed by atoms with Gasteiger partial charge in [-0.3, -0.25) is 9.78 Å². The zero-order valence-electron chi connectivity index (χ0n) is 16.0. The van der Waals surface area contributed by atoms with Gasteiger partial charge in [0, 0.05) is 37.4 Å². The summed E-state index contributed by atoms with van der Waals surface area (Å²) in [6.45, 7) is 0.393. The van der Waals surface area contributed by atoms with Crippen molar-refractivity contribution in [3.05, 3.63) is 46.6 Å². The molecule has 2 heterocycles. The Morgan fingerprint density at radius 2 is 2.29 bits per heavy atom. The van der Waals surface area contributed by atoms with E-state index in [2.05, 4.69) is 10.3 Å². The molecule has 3 N–H and O–H groups in total. The number of hydrogen-bond donors (Lipinski definition) is 2. The largest absolute Gasteiger partial charge is 0.449 e.